The molecule has 9 aromatic rings. The molecular formula is C47H33NO. The second kappa shape index (κ2) is 10.4. The molecule has 0 fully saturated rings. The lowest BCUT2D eigenvalue weighted by Crippen LogP contribution is -2.17. The molecule has 1 heterocycles. The largest absolute Gasteiger partial charge is 0.454 e. The van der Waals surface area contributed by atoms with Gasteiger partial charge in [0, 0.05) is 27.4 Å². The molecule has 0 unspecified atom stereocenters. The molecule has 1 aliphatic rings. The van der Waals surface area contributed by atoms with Crippen molar-refractivity contribution in [3.63, 3.8) is 0 Å². The fraction of sp³-hybridized carbons (Fsp3) is 0.0638. The van der Waals surface area contributed by atoms with E-state index in [1.807, 2.05) is 6.07 Å². The number of benzene rings is 8. The Balaban J connectivity index is 1.32. The first-order valence-electron chi connectivity index (χ1n) is 17.0. The zero-order chi connectivity index (χ0) is 32.7. The average Bonchev–Trinajstić information content (AvgIpc) is 3.64. The molecule has 10 rings (SSSR count). The number of fused-ring (bicyclic) bond motifs is 8. The predicted octanol–water partition coefficient (Wildman–Crippen LogP) is 13.3. The van der Waals surface area contributed by atoms with Crippen LogP contribution in [0.2, 0.25) is 0 Å². The zero-order valence-corrected chi connectivity index (χ0v) is 27.4. The Hall–Kier alpha value is -6.12. The Morgan fingerprint density at radius 2 is 1.08 bits per heavy atom. The van der Waals surface area contributed by atoms with Crippen LogP contribution in [0, 0.1) is 0 Å². The Kier molecular flexibility index (Phi) is 5.95. The molecule has 0 bridgehead atoms. The molecule has 0 radical (unpaired) electrons. The molecule has 0 N–H and O–H groups in total. The van der Waals surface area contributed by atoms with Crippen LogP contribution in [0.25, 0.3) is 65.7 Å². The number of hydrogen-bond acceptors (Lipinski definition) is 2. The van der Waals surface area contributed by atoms with Gasteiger partial charge in [0.1, 0.15) is 5.58 Å². The van der Waals surface area contributed by atoms with E-state index in [2.05, 4.69) is 176 Å². The third kappa shape index (κ3) is 4.07. The minimum atomic E-state index is -0.138. The lowest BCUT2D eigenvalue weighted by atomic mass is 9.82. The molecule has 1 aromatic heterocycles. The normalized spacial score (nSPS) is 13.3. The second-order valence-corrected chi connectivity index (χ2v) is 13.7. The average molecular weight is 628 g/mol. The highest BCUT2D eigenvalue weighted by Gasteiger charge is 2.36. The fourth-order valence-electron chi connectivity index (χ4n) is 8.32. The molecule has 232 valence electrons. The van der Waals surface area contributed by atoms with Gasteiger partial charge < -0.3 is 9.32 Å². The number of anilines is 3. The fourth-order valence-corrected chi connectivity index (χ4v) is 8.32. The molecule has 0 atom stereocenters. The van der Waals surface area contributed by atoms with Crippen LogP contribution in [-0.4, -0.2) is 0 Å². The van der Waals surface area contributed by atoms with E-state index < -0.39 is 0 Å². The maximum absolute atomic E-state index is 6.75. The first-order valence-corrected chi connectivity index (χ1v) is 17.0. The summed E-state index contributed by atoms with van der Waals surface area (Å²) < 4.78 is 6.75. The Labute approximate surface area is 285 Å². The van der Waals surface area contributed by atoms with E-state index in [-0.39, 0.29) is 5.41 Å². The summed E-state index contributed by atoms with van der Waals surface area (Å²) >= 11 is 0. The number of para-hydroxylation sites is 2. The maximum atomic E-state index is 6.75. The first-order chi connectivity index (χ1) is 24.1. The van der Waals surface area contributed by atoms with E-state index in [9.17, 15) is 0 Å². The number of hydrogen-bond donors (Lipinski definition) is 0. The summed E-state index contributed by atoms with van der Waals surface area (Å²) in [6, 6.07) is 59.5. The third-order valence-corrected chi connectivity index (χ3v) is 10.7. The molecule has 0 spiro atoms. The Morgan fingerprint density at radius 3 is 1.96 bits per heavy atom. The number of furan rings is 1. The highest BCUT2D eigenvalue weighted by atomic mass is 16.3. The summed E-state index contributed by atoms with van der Waals surface area (Å²) in [5.41, 5.74) is 12.6. The summed E-state index contributed by atoms with van der Waals surface area (Å²) in [6.07, 6.45) is 0. The monoisotopic (exact) mass is 627 g/mol. The van der Waals surface area contributed by atoms with Gasteiger partial charge in [-0.1, -0.05) is 147 Å². The van der Waals surface area contributed by atoms with Gasteiger partial charge in [-0.3, -0.25) is 0 Å². The first kappa shape index (κ1) is 27.9. The molecular weight excluding hydrogens is 595 g/mol. The zero-order valence-electron chi connectivity index (χ0n) is 27.4. The standard InChI is InChI=1S/C47H33NO/c1-47(2)40-22-9-7-18-35(40)36-27-26-32(29-41(36)47)48(43-23-12-21-39-37-19-8-10-24-44(37)49-46(39)43)42-28-25-31-14-4-6-17-34(31)45(42)38-20-11-15-30-13-3-5-16-33(30)38/h3-29H,1-2H3. The molecule has 8 aromatic carbocycles. The van der Waals surface area contributed by atoms with Gasteiger partial charge in [0.2, 0.25) is 0 Å². The highest BCUT2D eigenvalue weighted by molar-refractivity contribution is 6.14. The lowest BCUT2D eigenvalue weighted by molar-refractivity contribution is 0.660. The molecule has 2 heteroatoms. The summed E-state index contributed by atoms with van der Waals surface area (Å²) in [5, 5.41) is 7.11. The molecule has 0 amide bonds. The van der Waals surface area contributed by atoms with Gasteiger partial charge in [-0.15, -0.1) is 0 Å². The van der Waals surface area contributed by atoms with Crippen molar-refractivity contribution in [1.29, 1.82) is 0 Å². The van der Waals surface area contributed by atoms with E-state index in [1.54, 1.807) is 0 Å². The van der Waals surface area contributed by atoms with Gasteiger partial charge >= 0.3 is 0 Å². The van der Waals surface area contributed by atoms with Crippen LogP contribution in [0.5, 0.6) is 0 Å². The molecule has 0 aliphatic heterocycles. The van der Waals surface area contributed by atoms with Gasteiger partial charge in [-0.25, -0.2) is 0 Å². The maximum Gasteiger partial charge on any atom is 0.159 e. The summed E-state index contributed by atoms with van der Waals surface area (Å²) in [4.78, 5) is 2.44. The molecule has 2 nitrogen and oxygen atoms in total. The van der Waals surface area contributed by atoms with Crippen LogP contribution in [-0.2, 0) is 5.41 Å². The van der Waals surface area contributed by atoms with Crippen LogP contribution in [0.4, 0.5) is 17.1 Å². The van der Waals surface area contributed by atoms with Gasteiger partial charge in [0.25, 0.3) is 0 Å². The number of rotatable bonds is 4. The second-order valence-electron chi connectivity index (χ2n) is 13.7. The van der Waals surface area contributed by atoms with Crippen molar-refractivity contribution in [3.05, 3.63) is 175 Å². The summed E-state index contributed by atoms with van der Waals surface area (Å²) in [7, 11) is 0. The highest BCUT2D eigenvalue weighted by Crippen LogP contribution is 2.53. The summed E-state index contributed by atoms with van der Waals surface area (Å²) in [5.74, 6) is 0. The minimum absolute atomic E-state index is 0.138. The van der Waals surface area contributed by atoms with Gasteiger partial charge in [-0.2, -0.15) is 0 Å². The Morgan fingerprint density at radius 1 is 0.449 bits per heavy atom. The summed E-state index contributed by atoms with van der Waals surface area (Å²) in [6.45, 7) is 4.70. The van der Waals surface area contributed by atoms with Gasteiger partial charge in [0.05, 0.1) is 11.4 Å². The van der Waals surface area contributed by atoms with Crippen molar-refractivity contribution < 1.29 is 4.42 Å². The predicted molar refractivity (Wildman–Crippen MR) is 206 cm³/mol. The van der Waals surface area contributed by atoms with Gasteiger partial charge in [0.15, 0.2) is 5.58 Å². The smallest absolute Gasteiger partial charge is 0.159 e. The van der Waals surface area contributed by atoms with Crippen LogP contribution < -0.4 is 4.90 Å². The van der Waals surface area contributed by atoms with Crippen molar-refractivity contribution >= 4 is 60.5 Å². The van der Waals surface area contributed by atoms with Crippen LogP contribution in [0.3, 0.4) is 0 Å². The van der Waals surface area contributed by atoms with Crippen LogP contribution >= 0.6 is 0 Å². The van der Waals surface area contributed by atoms with E-state index in [1.165, 1.54) is 54.9 Å². The third-order valence-electron chi connectivity index (χ3n) is 10.7. The number of nitrogens with zero attached hydrogens (tertiary/aromatic N) is 1. The Bertz CT molecular complexity index is 2760. The van der Waals surface area contributed by atoms with Crippen LogP contribution in [0.15, 0.2) is 168 Å². The van der Waals surface area contributed by atoms with E-state index in [0.717, 1.165) is 39.0 Å². The van der Waals surface area contributed by atoms with Crippen molar-refractivity contribution in [3.8, 4) is 22.3 Å². The molecule has 1 aliphatic carbocycles. The van der Waals surface area contributed by atoms with Crippen molar-refractivity contribution in [2.75, 3.05) is 4.90 Å². The topological polar surface area (TPSA) is 16.4 Å². The SMILES string of the molecule is CC1(C)c2ccccc2-c2ccc(N(c3ccc4ccccc4c3-c3cccc4ccccc34)c3cccc4c3oc3ccccc34)cc21. The van der Waals surface area contributed by atoms with E-state index >= 15 is 0 Å². The molecule has 0 saturated carbocycles. The quantitative estimate of drug-likeness (QED) is 0.193. The van der Waals surface area contributed by atoms with Crippen molar-refractivity contribution in [2.45, 2.75) is 19.3 Å². The van der Waals surface area contributed by atoms with E-state index in [4.69, 9.17) is 4.42 Å². The minimum Gasteiger partial charge on any atom is -0.454 e. The molecule has 49 heavy (non-hydrogen) atoms. The molecule has 0 saturated heterocycles. The van der Waals surface area contributed by atoms with Crippen molar-refractivity contribution in [2.24, 2.45) is 0 Å². The van der Waals surface area contributed by atoms with Crippen LogP contribution in [0.1, 0.15) is 25.0 Å². The van der Waals surface area contributed by atoms with Crippen molar-refractivity contribution in [1.82, 2.24) is 0 Å². The lowest BCUT2D eigenvalue weighted by Gasteiger charge is -2.30. The van der Waals surface area contributed by atoms with E-state index in [0.29, 0.717) is 0 Å². The van der Waals surface area contributed by atoms with Gasteiger partial charge in [-0.05, 0) is 79.7 Å².